The normalized spacial score (nSPS) is 21.1. The molecule has 444 valence electrons. The van der Waals surface area contributed by atoms with Gasteiger partial charge in [0.25, 0.3) is 27.8 Å². The second-order valence-corrected chi connectivity index (χ2v) is 34.8. The van der Waals surface area contributed by atoms with Crippen molar-refractivity contribution in [3.63, 3.8) is 0 Å². The minimum Gasteiger partial charge on any atom is -0.405 e. The molecule has 18 nitrogen and oxygen atoms in total. The number of fused-ring (bicyclic) bond motifs is 1. The van der Waals surface area contributed by atoms with Crippen LogP contribution in [0.4, 0.5) is 0 Å². The van der Waals surface area contributed by atoms with Crippen LogP contribution in [0, 0.1) is 5.92 Å². The maximum atomic E-state index is 13.8. The zero-order valence-electron chi connectivity index (χ0n) is 48.5. The van der Waals surface area contributed by atoms with Gasteiger partial charge in [0.15, 0.2) is 23.2 Å². The highest BCUT2D eigenvalue weighted by Gasteiger charge is 2.57. The molecule has 1 saturated carbocycles. The second kappa shape index (κ2) is 25.3. The molecule has 4 heterocycles. The topological polar surface area (TPSA) is 220 Å². The highest BCUT2D eigenvalue weighted by Crippen LogP contribution is 2.53. The highest BCUT2D eigenvalue weighted by atomic mass is 32.5. The lowest BCUT2D eigenvalue weighted by Crippen LogP contribution is -2.68. The molecule has 0 spiro atoms. The Kier molecular flexibility index (Phi) is 18.3. The van der Waals surface area contributed by atoms with Crippen LogP contribution in [0.1, 0.15) is 76.4 Å². The first-order valence-electron chi connectivity index (χ1n) is 28.2. The standard InChI is InChI=1S/C63H71N6O12PSSi2/c1-42-48(50(81-85(63(5,6)7,46-30-20-12-21-31-46)47-32-22-13-23-33-47)38-49(42)69-41-64-53-58(69)66-57(67-59(53)72)54(71)43-24-14-9-15-25-43)39-77-82(74,83)80-55-51(79-60(56(55)76-37-36-75-8)68-35-34-52(70)65-61(68)73)40-78-84(62(2,3)4,44-26-16-10-17-27-44)45-28-18-11-19-29-45/h9-35,41,48-51,55-56,60H,1,36-40H2,2-8H3,(H,74,83)(H,65,70,73)(H,66,67,72)/t48-,49-,50-,51+,55+,56+,60+,82?/m0/s1. The number of methoxy groups -OCH3 is 1. The van der Waals surface area contributed by atoms with Crippen LogP contribution in [0.2, 0.25) is 10.1 Å². The molecule has 1 aliphatic carbocycles. The number of carbonyl (C=O) groups is 1. The fourth-order valence-corrected chi connectivity index (χ4v) is 22.9. The van der Waals surface area contributed by atoms with Crippen LogP contribution in [-0.4, -0.2) is 114 Å². The highest BCUT2D eigenvalue weighted by molar-refractivity contribution is 8.07. The molecule has 1 saturated heterocycles. The van der Waals surface area contributed by atoms with Crippen molar-refractivity contribution in [3.05, 3.63) is 225 Å². The van der Waals surface area contributed by atoms with E-state index in [1.165, 1.54) is 30.3 Å². The number of nitrogens with zero attached hydrogens (tertiary/aromatic N) is 4. The average Bonchev–Trinajstić information content (AvgIpc) is 2.07. The quantitative estimate of drug-likeness (QED) is 0.0203. The van der Waals surface area contributed by atoms with Crippen LogP contribution in [0.5, 0.6) is 0 Å². The van der Waals surface area contributed by atoms with Gasteiger partial charge in [-0.1, -0.05) is 200 Å². The van der Waals surface area contributed by atoms with E-state index in [1.54, 1.807) is 34.9 Å². The molecular formula is C63H71N6O12PSSi2. The van der Waals surface area contributed by atoms with Crippen molar-refractivity contribution in [2.24, 2.45) is 5.92 Å². The SMILES string of the molecule is C=C1[C@H](COP(O)(=S)O[C@H]2[C@@H](OCCOC)[C@H](n3ccc(=O)[nH]c3=O)O[C@@H]2CO[Si](c2ccccc2)(c2ccccc2)C(C)(C)C)[C@@H](O[Si](c2ccccc2)(c2ccccc2)C(C)(C)C)C[C@@H]1n1cnc2c(=O)[nH]c(C(=O)c3ccccc3)nc21. The Morgan fingerprint density at radius 2 is 1.28 bits per heavy atom. The fourth-order valence-electron chi connectivity index (χ4n) is 12.2. The van der Waals surface area contributed by atoms with E-state index in [0.29, 0.717) is 11.1 Å². The first-order valence-corrected chi connectivity index (χ1v) is 34.6. The first kappa shape index (κ1) is 61.4. The minimum atomic E-state index is -4.43. The Bertz CT molecular complexity index is 3780. The predicted molar refractivity (Wildman–Crippen MR) is 335 cm³/mol. The van der Waals surface area contributed by atoms with Gasteiger partial charge in [0, 0.05) is 30.9 Å². The van der Waals surface area contributed by atoms with Gasteiger partial charge in [-0.15, -0.1) is 0 Å². The van der Waals surface area contributed by atoms with Crippen molar-refractivity contribution in [2.45, 2.75) is 94.7 Å². The van der Waals surface area contributed by atoms with Gasteiger partial charge < -0.3 is 42.0 Å². The number of aromatic amines is 2. The number of benzene rings is 5. The molecular weight excluding hydrogens is 1150 g/mol. The third kappa shape index (κ3) is 12.4. The maximum Gasteiger partial charge on any atom is 0.330 e. The smallest absolute Gasteiger partial charge is 0.330 e. The summed E-state index contributed by atoms with van der Waals surface area (Å²) in [5.74, 6) is -1.33. The molecule has 2 aliphatic rings. The third-order valence-electron chi connectivity index (χ3n) is 16.1. The van der Waals surface area contributed by atoms with Crippen molar-refractivity contribution >= 4 is 72.9 Å². The molecule has 10 rings (SSSR count). The van der Waals surface area contributed by atoms with Crippen LogP contribution >= 0.6 is 6.72 Å². The van der Waals surface area contributed by atoms with E-state index in [9.17, 15) is 24.1 Å². The van der Waals surface area contributed by atoms with Gasteiger partial charge in [0.2, 0.25) is 5.78 Å². The summed E-state index contributed by atoms with van der Waals surface area (Å²) in [5, 5.41) is 3.10. The monoisotopic (exact) mass is 1220 g/mol. The Morgan fingerprint density at radius 1 is 0.741 bits per heavy atom. The van der Waals surface area contributed by atoms with Gasteiger partial charge >= 0.3 is 12.4 Å². The van der Waals surface area contributed by atoms with Crippen molar-refractivity contribution in [2.75, 3.05) is 33.5 Å². The average molecular weight is 1220 g/mol. The first-order chi connectivity index (χ1) is 40.7. The van der Waals surface area contributed by atoms with Crippen molar-refractivity contribution < 1.29 is 41.8 Å². The van der Waals surface area contributed by atoms with Crippen LogP contribution in [-0.2, 0) is 43.9 Å². The van der Waals surface area contributed by atoms with Gasteiger partial charge in [-0.2, -0.15) is 0 Å². The van der Waals surface area contributed by atoms with Crippen molar-refractivity contribution in [3.8, 4) is 0 Å². The lowest BCUT2D eigenvalue weighted by atomic mass is 10.0. The van der Waals surface area contributed by atoms with Crippen molar-refractivity contribution in [1.82, 2.24) is 29.1 Å². The molecule has 2 fully saturated rings. The third-order valence-corrected chi connectivity index (χ3v) is 27.8. The molecule has 0 radical (unpaired) electrons. The Labute approximate surface area is 500 Å². The van der Waals surface area contributed by atoms with Crippen LogP contribution in [0.3, 0.4) is 0 Å². The van der Waals surface area contributed by atoms with Gasteiger partial charge in [-0.05, 0) is 54.6 Å². The molecule has 0 bridgehead atoms. The number of aromatic nitrogens is 6. The van der Waals surface area contributed by atoms with E-state index in [1.807, 2.05) is 72.8 Å². The van der Waals surface area contributed by atoms with Gasteiger partial charge in [-0.25, -0.2) is 14.8 Å². The van der Waals surface area contributed by atoms with Crippen LogP contribution < -0.4 is 37.6 Å². The Balaban J connectivity index is 1.04. The number of ether oxygens (including phenoxy) is 3. The van der Waals surface area contributed by atoms with E-state index >= 15 is 0 Å². The summed E-state index contributed by atoms with van der Waals surface area (Å²) in [6.07, 6.45) is -2.30. The summed E-state index contributed by atoms with van der Waals surface area (Å²) < 4.78 is 50.4. The van der Waals surface area contributed by atoms with E-state index < -0.39 is 98.6 Å². The number of carbonyl (C=O) groups excluding carboxylic acids is 1. The van der Waals surface area contributed by atoms with Crippen LogP contribution in [0.25, 0.3) is 11.2 Å². The van der Waals surface area contributed by atoms with E-state index in [0.717, 1.165) is 20.7 Å². The summed E-state index contributed by atoms with van der Waals surface area (Å²) in [7, 11) is -5.10. The Hall–Kier alpha value is -6.70. The summed E-state index contributed by atoms with van der Waals surface area (Å²) in [6.45, 7) is 13.0. The van der Waals surface area contributed by atoms with Gasteiger partial charge in [0.05, 0.1) is 44.9 Å². The van der Waals surface area contributed by atoms with E-state index in [2.05, 4.69) is 105 Å². The maximum absolute atomic E-state index is 13.8. The lowest BCUT2D eigenvalue weighted by molar-refractivity contribution is -0.0809. The zero-order valence-corrected chi connectivity index (χ0v) is 52.2. The number of nitrogens with one attached hydrogen (secondary N) is 2. The zero-order chi connectivity index (χ0) is 60.3. The van der Waals surface area contributed by atoms with Gasteiger partial charge in [-0.3, -0.25) is 28.5 Å². The molecule has 5 aromatic carbocycles. The van der Waals surface area contributed by atoms with Crippen LogP contribution in [0.15, 0.2) is 197 Å². The molecule has 3 N–H and O–H groups in total. The summed E-state index contributed by atoms with van der Waals surface area (Å²) in [5.41, 5.74) is -0.846. The largest absolute Gasteiger partial charge is 0.405 e. The van der Waals surface area contributed by atoms with E-state index in [4.69, 9.17) is 55.5 Å². The lowest BCUT2D eigenvalue weighted by Gasteiger charge is -2.45. The van der Waals surface area contributed by atoms with Crippen molar-refractivity contribution in [1.29, 1.82) is 0 Å². The molecule has 3 aromatic heterocycles. The fraction of sp³-hybridized carbons (Fsp3) is 0.333. The number of rotatable bonds is 22. The molecule has 22 heteroatoms. The molecule has 8 aromatic rings. The molecule has 85 heavy (non-hydrogen) atoms. The summed E-state index contributed by atoms with van der Waals surface area (Å²) >= 11 is 6.07. The minimum absolute atomic E-state index is 0.00650. The molecule has 1 aliphatic heterocycles. The number of hydrogen-bond donors (Lipinski definition) is 3. The number of imidazole rings is 1. The van der Waals surface area contributed by atoms with E-state index in [-0.39, 0.29) is 49.8 Å². The summed E-state index contributed by atoms with van der Waals surface area (Å²) in [6, 6.07) is 49.6. The molecule has 8 atom stereocenters. The van der Waals surface area contributed by atoms with Gasteiger partial charge in [0.1, 0.15) is 18.3 Å². The summed E-state index contributed by atoms with van der Waals surface area (Å²) in [4.78, 5) is 80.8. The number of hydrogen-bond acceptors (Lipinski definition) is 14. The second-order valence-electron chi connectivity index (χ2n) is 23.4. The number of ketones is 1. The molecule has 0 amide bonds. The molecule has 1 unspecified atom stereocenters. The Morgan fingerprint density at radius 3 is 1.81 bits per heavy atom. The predicted octanol–water partition coefficient (Wildman–Crippen LogP) is 7.09. The number of H-pyrrole nitrogens is 2.